The molecule has 4 nitrogen and oxygen atoms in total. The highest BCUT2D eigenvalue weighted by Gasteiger charge is 2.43. The molecule has 2 N–H and O–H groups in total. The van der Waals surface area contributed by atoms with Gasteiger partial charge in [0.1, 0.15) is 0 Å². The standard InChI is InChI=1S/C36H74O4Si/c1-7-8-9-10-11-12-15-18-21-24-27-32(38)33-29-30-34(39-33)35(40-41(5,6)36(2,3)4)28-25-22-19-16-13-14-17-20-23-26-31-37/h32-35,37-38H,7-31H2,1-6H3/t32-,33-,34-,35+/m1/s1. The molecule has 0 unspecified atom stereocenters. The molecule has 1 rings (SSSR count). The van der Waals surface area contributed by atoms with Crippen LogP contribution in [0.15, 0.2) is 0 Å². The molecule has 246 valence electrons. The summed E-state index contributed by atoms with van der Waals surface area (Å²) in [4.78, 5) is 0. The van der Waals surface area contributed by atoms with Crippen molar-refractivity contribution in [3.63, 3.8) is 0 Å². The zero-order chi connectivity index (χ0) is 30.4. The Morgan fingerprint density at radius 1 is 0.659 bits per heavy atom. The van der Waals surface area contributed by atoms with Gasteiger partial charge in [-0.1, -0.05) is 150 Å². The smallest absolute Gasteiger partial charge is 0.192 e. The monoisotopic (exact) mass is 599 g/mol. The van der Waals surface area contributed by atoms with E-state index in [1.807, 2.05) is 0 Å². The van der Waals surface area contributed by atoms with E-state index in [4.69, 9.17) is 14.3 Å². The summed E-state index contributed by atoms with van der Waals surface area (Å²) in [6.07, 6.45) is 29.7. The molecule has 1 aliphatic heterocycles. The van der Waals surface area contributed by atoms with Crippen LogP contribution in [0.25, 0.3) is 0 Å². The van der Waals surface area contributed by atoms with Gasteiger partial charge >= 0.3 is 0 Å². The number of aliphatic hydroxyl groups excluding tert-OH is 2. The van der Waals surface area contributed by atoms with Crippen molar-refractivity contribution in [2.45, 2.75) is 224 Å². The second-order valence-corrected chi connectivity index (χ2v) is 19.5. The summed E-state index contributed by atoms with van der Waals surface area (Å²) in [7, 11) is -1.89. The van der Waals surface area contributed by atoms with Crippen molar-refractivity contribution in [3.05, 3.63) is 0 Å². The lowest BCUT2D eigenvalue weighted by Crippen LogP contribution is -2.47. The molecule has 0 bridgehead atoms. The first-order chi connectivity index (χ1) is 19.6. The quantitative estimate of drug-likeness (QED) is 0.0729. The van der Waals surface area contributed by atoms with Gasteiger partial charge in [0.25, 0.3) is 0 Å². The van der Waals surface area contributed by atoms with Gasteiger partial charge in [0, 0.05) is 6.61 Å². The number of aliphatic hydroxyl groups is 2. The van der Waals surface area contributed by atoms with Crippen LogP contribution in [-0.4, -0.2) is 49.6 Å². The third-order valence-corrected chi connectivity index (χ3v) is 14.4. The van der Waals surface area contributed by atoms with Gasteiger partial charge in [-0.05, 0) is 50.2 Å². The highest BCUT2D eigenvalue weighted by atomic mass is 28.4. The SMILES string of the molecule is CCCCCCCCCCCC[C@@H](O)[C@H]1CC[C@H]([C@H](CCCCCCCCCCCCO)O[Si](C)(C)C(C)(C)C)O1. The van der Waals surface area contributed by atoms with Gasteiger partial charge in [0.2, 0.25) is 0 Å². The Labute approximate surface area is 258 Å². The summed E-state index contributed by atoms with van der Waals surface area (Å²) >= 11 is 0. The zero-order valence-electron chi connectivity index (χ0n) is 28.7. The molecule has 5 heteroatoms. The summed E-state index contributed by atoms with van der Waals surface area (Å²) in [6, 6.07) is 0. The Balaban J connectivity index is 2.37. The molecule has 41 heavy (non-hydrogen) atoms. The number of hydrogen-bond acceptors (Lipinski definition) is 4. The highest BCUT2D eigenvalue weighted by molar-refractivity contribution is 6.74. The number of rotatable bonds is 27. The Morgan fingerprint density at radius 3 is 1.54 bits per heavy atom. The van der Waals surface area contributed by atoms with Gasteiger partial charge in [-0.3, -0.25) is 0 Å². The molecular formula is C36H74O4Si. The maximum atomic E-state index is 10.9. The molecule has 0 saturated carbocycles. The number of ether oxygens (including phenoxy) is 1. The van der Waals surface area contributed by atoms with E-state index in [1.54, 1.807) is 0 Å². The molecule has 0 aromatic rings. The summed E-state index contributed by atoms with van der Waals surface area (Å²) in [5.74, 6) is 0. The van der Waals surface area contributed by atoms with Crippen LogP contribution in [0, 0.1) is 0 Å². The van der Waals surface area contributed by atoms with Crippen molar-refractivity contribution in [2.24, 2.45) is 0 Å². The molecule has 0 spiro atoms. The van der Waals surface area contributed by atoms with Crippen molar-refractivity contribution >= 4 is 8.32 Å². The van der Waals surface area contributed by atoms with E-state index >= 15 is 0 Å². The average molecular weight is 599 g/mol. The average Bonchev–Trinajstić information content (AvgIpc) is 3.42. The van der Waals surface area contributed by atoms with Gasteiger partial charge in [-0.25, -0.2) is 0 Å². The maximum absolute atomic E-state index is 10.9. The lowest BCUT2D eigenvalue weighted by atomic mass is 10.00. The Hall–Kier alpha value is 0.0569. The molecule has 0 aromatic heterocycles. The molecule has 1 saturated heterocycles. The van der Waals surface area contributed by atoms with Crippen LogP contribution in [0.5, 0.6) is 0 Å². The minimum atomic E-state index is -1.89. The van der Waals surface area contributed by atoms with Crippen molar-refractivity contribution in [1.82, 2.24) is 0 Å². The largest absolute Gasteiger partial charge is 0.411 e. The van der Waals surface area contributed by atoms with Gasteiger partial charge < -0.3 is 19.4 Å². The zero-order valence-corrected chi connectivity index (χ0v) is 29.7. The van der Waals surface area contributed by atoms with Gasteiger partial charge in [-0.2, -0.15) is 0 Å². The minimum absolute atomic E-state index is 0.0125. The van der Waals surface area contributed by atoms with Crippen LogP contribution >= 0.6 is 0 Å². The van der Waals surface area contributed by atoms with Crippen molar-refractivity contribution in [2.75, 3.05) is 6.61 Å². The highest BCUT2D eigenvalue weighted by Crippen LogP contribution is 2.40. The van der Waals surface area contributed by atoms with Crippen LogP contribution in [0.4, 0.5) is 0 Å². The third kappa shape index (κ3) is 18.5. The summed E-state index contributed by atoms with van der Waals surface area (Å²) < 4.78 is 13.6. The van der Waals surface area contributed by atoms with Crippen LogP contribution in [0.3, 0.4) is 0 Å². The van der Waals surface area contributed by atoms with E-state index in [0.29, 0.717) is 6.61 Å². The fraction of sp³-hybridized carbons (Fsp3) is 1.00. The summed E-state index contributed by atoms with van der Waals surface area (Å²) in [5.41, 5.74) is 0. The summed E-state index contributed by atoms with van der Waals surface area (Å²) in [5, 5.41) is 20.0. The van der Waals surface area contributed by atoms with Crippen molar-refractivity contribution < 1.29 is 19.4 Å². The molecule has 0 aliphatic carbocycles. The Kier molecular flexibility index (Phi) is 22.3. The first kappa shape index (κ1) is 39.1. The molecule has 0 radical (unpaired) electrons. The molecule has 1 aliphatic rings. The molecule has 0 amide bonds. The maximum Gasteiger partial charge on any atom is 0.192 e. The summed E-state index contributed by atoms with van der Waals surface area (Å²) in [6.45, 7) is 14.3. The Bertz CT molecular complexity index is 591. The van der Waals surface area contributed by atoms with Gasteiger partial charge in [0.05, 0.1) is 24.4 Å². The molecule has 4 atom stereocenters. The van der Waals surface area contributed by atoms with E-state index in [0.717, 1.165) is 38.5 Å². The lowest BCUT2D eigenvalue weighted by Gasteiger charge is -2.41. The first-order valence-corrected chi connectivity index (χ1v) is 21.2. The van der Waals surface area contributed by atoms with Crippen LogP contribution in [-0.2, 0) is 9.16 Å². The number of unbranched alkanes of at least 4 members (excludes halogenated alkanes) is 18. The van der Waals surface area contributed by atoms with Crippen LogP contribution in [0.2, 0.25) is 18.1 Å². The van der Waals surface area contributed by atoms with Crippen molar-refractivity contribution in [3.8, 4) is 0 Å². The van der Waals surface area contributed by atoms with Crippen molar-refractivity contribution in [1.29, 1.82) is 0 Å². The van der Waals surface area contributed by atoms with Crippen LogP contribution < -0.4 is 0 Å². The van der Waals surface area contributed by atoms with Gasteiger partial charge in [-0.15, -0.1) is 0 Å². The normalized spacial score (nSPS) is 19.6. The molecule has 1 fully saturated rings. The minimum Gasteiger partial charge on any atom is -0.411 e. The van der Waals surface area contributed by atoms with E-state index in [-0.39, 0.29) is 29.5 Å². The first-order valence-electron chi connectivity index (χ1n) is 18.2. The van der Waals surface area contributed by atoms with E-state index < -0.39 is 8.32 Å². The van der Waals surface area contributed by atoms with E-state index in [1.165, 1.54) is 116 Å². The third-order valence-electron chi connectivity index (χ3n) is 9.93. The lowest BCUT2D eigenvalue weighted by molar-refractivity contribution is -0.0751. The topological polar surface area (TPSA) is 58.9 Å². The second-order valence-electron chi connectivity index (χ2n) is 14.8. The Morgan fingerprint density at radius 2 is 1.07 bits per heavy atom. The molecule has 0 aromatic carbocycles. The number of hydrogen-bond donors (Lipinski definition) is 2. The molecule has 1 heterocycles. The van der Waals surface area contributed by atoms with E-state index in [9.17, 15) is 5.11 Å². The predicted molar refractivity (Wildman–Crippen MR) is 180 cm³/mol. The van der Waals surface area contributed by atoms with E-state index in [2.05, 4.69) is 40.8 Å². The molecular weight excluding hydrogens is 524 g/mol. The van der Waals surface area contributed by atoms with Gasteiger partial charge in [0.15, 0.2) is 8.32 Å². The second kappa shape index (κ2) is 23.4. The fourth-order valence-corrected chi connectivity index (χ4v) is 7.40. The van der Waals surface area contributed by atoms with Crippen LogP contribution in [0.1, 0.15) is 182 Å². The predicted octanol–water partition coefficient (Wildman–Crippen LogP) is 10.9. The fourth-order valence-electron chi connectivity index (χ4n) is 6.02.